The fourth-order valence-electron chi connectivity index (χ4n) is 4.03. The number of hydrogen-bond acceptors (Lipinski definition) is 3. The molecule has 0 saturated carbocycles. The van der Waals surface area contributed by atoms with Crippen LogP contribution in [0.3, 0.4) is 0 Å². The van der Waals surface area contributed by atoms with Gasteiger partial charge in [0.15, 0.2) is 9.84 Å². The van der Waals surface area contributed by atoms with Gasteiger partial charge in [0.25, 0.3) is 0 Å². The lowest BCUT2D eigenvalue weighted by Crippen LogP contribution is -2.44. The Bertz CT molecular complexity index is 698. The summed E-state index contributed by atoms with van der Waals surface area (Å²) in [5.41, 5.74) is 2.42. The van der Waals surface area contributed by atoms with Gasteiger partial charge in [-0.1, -0.05) is 37.6 Å². The largest absolute Gasteiger partial charge is 0.338 e. The lowest BCUT2D eigenvalue weighted by molar-refractivity contribution is -0.135. The van der Waals surface area contributed by atoms with Crippen molar-refractivity contribution < 1.29 is 13.2 Å². The molecule has 1 fully saturated rings. The molecule has 24 heavy (non-hydrogen) atoms. The predicted octanol–water partition coefficient (Wildman–Crippen LogP) is 2.92. The van der Waals surface area contributed by atoms with Gasteiger partial charge in [-0.3, -0.25) is 4.79 Å². The quantitative estimate of drug-likeness (QED) is 0.821. The number of amides is 1. The van der Waals surface area contributed by atoms with Gasteiger partial charge < -0.3 is 4.90 Å². The molecule has 1 aromatic carbocycles. The molecule has 5 heteroatoms. The van der Waals surface area contributed by atoms with Crippen LogP contribution in [-0.2, 0) is 21.1 Å². The first-order valence-corrected chi connectivity index (χ1v) is 10.9. The van der Waals surface area contributed by atoms with E-state index in [1.807, 2.05) is 17.0 Å². The average Bonchev–Trinajstić information content (AvgIpc) is 2.94. The molecule has 4 nitrogen and oxygen atoms in total. The van der Waals surface area contributed by atoms with Crippen LogP contribution >= 0.6 is 0 Å². The molecule has 3 rings (SSSR count). The highest BCUT2D eigenvalue weighted by molar-refractivity contribution is 7.91. The van der Waals surface area contributed by atoms with Crippen molar-refractivity contribution in [3.63, 3.8) is 0 Å². The van der Waals surface area contributed by atoms with E-state index in [0.717, 1.165) is 37.7 Å². The number of nitrogens with zero attached hydrogens (tertiary/aromatic N) is 1. The van der Waals surface area contributed by atoms with E-state index in [0.29, 0.717) is 13.0 Å². The summed E-state index contributed by atoms with van der Waals surface area (Å²) in [4.78, 5) is 15.2. The van der Waals surface area contributed by atoms with Crippen molar-refractivity contribution in [2.24, 2.45) is 0 Å². The van der Waals surface area contributed by atoms with Gasteiger partial charge >= 0.3 is 0 Å². The molecule has 0 radical (unpaired) electrons. The number of rotatable bonds is 5. The molecule has 1 heterocycles. The normalized spacial score (nSPS) is 25.2. The first-order chi connectivity index (χ1) is 11.5. The summed E-state index contributed by atoms with van der Waals surface area (Å²) in [6, 6.07) is 8.08. The van der Waals surface area contributed by atoms with Crippen molar-refractivity contribution >= 4 is 15.7 Å². The molecular formula is C19H27NO3S. The van der Waals surface area contributed by atoms with Crippen LogP contribution in [0.15, 0.2) is 24.3 Å². The van der Waals surface area contributed by atoms with Crippen LogP contribution in [0.1, 0.15) is 56.1 Å². The van der Waals surface area contributed by atoms with Gasteiger partial charge in [-0.2, -0.15) is 0 Å². The first-order valence-electron chi connectivity index (χ1n) is 9.10. The molecule has 1 saturated heterocycles. The molecule has 1 aliphatic carbocycles. The smallest absolute Gasteiger partial charge is 0.230 e. The Morgan fingerprint density at radius 2 is 2.04 bits per heavy atom. The van der Waals surface area contributed by atoms with Crippen LogP contribution in [-0.4, -0.2) is 43.3 Å². The molecule has 1 aliphatic heterocycles. The first kappa shape index (κ1) is 17.5. The summed E-state index contributed by atoms with van der Waals surface area (Å²) >= 11 is 0. The summed E-state index contributed by atoms with van der Waals surface area (Å²) in [5, 5.41) is 0. The summed E-state index contributed by atoms with van der Waals surface area (Å²) < 4.78 is 23.8. The highest BCUT2D eigenvalue weighted by atomic mass is 32.2. The summed E-state index contributed by atoms with van der Waals surface area (Å²) in [7, 11) is -2.98. The zero-order valence-electron chi connectivity index (χ0n) is 14.4. The molecule has 2 unspecified atom stereocenters. The van der Waals surface area contributed by atoms with Gasteiger partial charge in [0.1, 0.15) is 0 Å². The highest BCUT2D eigenvalue weighted by Gasteiger charge is 2.38. The van der Waals surface area contributed by atoms with Crippen molar-refractivity contribution in [1.82, 2.24) is 4.90 Å². The van der Waals surface area contributed by atoms with Crippen LogP contribution < -0.4 is 0 Å². The lowest BCUT2D eigenvalue weighted by Gasteiger charge is -2.34. The number of sulfone groups is 1. The van der Waals surface area contributed by atoms with Crippen molar-refractivity contribution in [3.8, 4) is 0 Å². The second-order valence-electron chi connectivity index (χ2n) is 7.09. The maximum Gasteiger partial charge on any atom is 0.230 e. The van der Waals surface area contributed by atoms with E-state index in [1.54, 1.807) is 0 Å². The third-order valence-electron chi connectivity index (χ3n) is 5.35. The van der Waals surface area contributed by atoms with E-state index >= 15 is 0 Å². The number of benzene rings is 1. The molecule has 2 aliphatic rings. The maximum atomic E-state index is 13.3. The second kappa shape index (κ2) is 7.26. The zero-order chi connectivity index (χ0) is 17.2. The van der Waals surface area contributed by atoms with Crippen LogP contribution in [0.2, 0.25) is 0 Å². The monoisotopic (exact) mass is 349 g/mol. The Morgan fingerprint density at radius 3 is 2.75 bits per heavy atom. The summed E-state index contributed by atoms with van der Waals surface area (Å²) in [5.74, 6) is 0.388. The Balaban J connectivity index is 1.84. The topological polar surface area (TPSA) is 54.5 Å². The molecular weight excluding hydrogens is 322 g/mol. The van der Waals surface area contributed by atoms with Crippen molar-refractivity contribution in [3.05, 3.63) is 35.4 Å². The van der Waals surface area contributed by atoms with E-state index in [-0.39, 0.29) is 29.4 Å². The average molecular weight is 349 g/mol. The van der Waals surface area contributed by atoms with Crippen LogP contribution in [0, 0.1) is 0 Å². The van der Waals surface area contributed by atoms with E-state index in [4.69, 9.17) is 0 Å². The lowest BCUT2D eigenvalue weighted by atomic mass is 9.82. The van der Waals surface area contributed by atoms with Gasteiger partial charge in [0.2, 0.25) is 5.91 Å². The number of unbranched alkanes of at least 4 members (excludes halogenated alkanes) is 1. The van der Waals surface area contributed by atoms with E-state index in [9.17, 15) is 13.2 Å². The van der Waals surface area contributed by atoms with E-state index in [1.165, 1.54) is 5.56 Å². The van der Waals surface area contributed by atoms with Gasteiger partial charge in [-0.25, -0.2) is 8.42 Å². The molecule has 0 spiro atoms. The molecule has 0 N–H and O–H groups in total. The summed E-state index contributed by atoms with van der Waals surface area (Å²) in [6.45, 7) is 2.78. The van der Waals surface area contributed by atoms with Gasteiger partial charge in [0.05, 0.1) is 17.4 Å². The zero-order valence-corrected chi connectivity index (χ0v) is 15.2. The Morgan fingerprint density at radius 1 is 1.25 bits per heavy atom. The molecule has 132 valence electrons. The standard InChI is InChI=1S/C19H27NO3S/c1-2-3-12-20(16-11-13-24(22,23)14-16)19(21)18-10-6-8-15-7-4-5-9-17(15)18/h4-5,7,9,16,18H,2-3,6,8,10-14H2,1H3. The predicted molar refractivity (Wildman–Crippen MR) is 95.8 cm³/mol. The Labute approximate surface area is 145 Å². The Kier molecular flexibility index (Phi) is 5.28. The van der Waals surface area contributed by atoms with Crippen molar-refractivity contribution in [2.75, 3.05) is 18.1 Å². The number of carbonyl (C=O) groups excluding carboxylic acids is 1. The third kappa shape index (κ3) is 3.66. The van der Waals surface area contributed by atoms with Gasteiger partial charge in [0, 0.05) is 12.6 Å². The van der Waals surface area contributed by atoms with Crippen molar-refractivity contribution in [1.29, 1.82) is 0 Å². The minimum Gasteiger partial charge on any atom is -0.338 e. The fraction of sp³-hybridized carbons (Fsp3) is 0.632. The highest BCUT2D eigenvalue weighted by Crippen LogP contribution is 2.34. The second-order valence-corrected chi connectivity index (χ2v) is 9.31. The van der Waals surface area contributed by atoms with Gasteiger partial charge in [-0.15, -0.1) is 0 Å². The molecule has 2 atom stereocenters. The van der Waals surface area contributed by atoms with Crippen LogP contribution in [0.5, 0.6) is 0 Å². The fourth-order valence-corrected chi connectivity index (χ4v) is 5.76. The summed E-state index contributed by atoms with van der Waals surface area (Å²) in [6.07, 6.45) is 5.45. The third-order valence-corrected chi connectivity index (χ3v) is 7.10. The Hall–Kier alpha value is -1.36. The molecule has 1 amide bonds. The van der Waals surface area contributed by atoms with E-state index in [2.05, 4.69) is 19.1 Å². The van der Waals surface area contributed by atoms with Gasteiger partial charge in [-0.05, 0) is 43.2 Å². The minimum atomic E-state index is -2.98. The number of carbonyl (C=O) groups is 1. The minimum absolute atomic E-state index is 0.102. The SMILES string of the molecule is CCCCN(C(=O)C1CCCc2ccccc21)C1CCS(=O)(=O)C1. The van der Waals surface area contributed by atoms with Crippen molar-refractivity contribution in [2.45, 2.75) is 57.4 Å². The molecule has 1 aromatic rings. The number of aryl methyl sites for hydroxylation is 1. The molecule has 0 aromatic heterocycles. The maximum absolute atomic E-state index is 13.3. The van der Waals surface area contributed by atoms with Crippen LogP contribution in [0.25, 0.3) is 0 Å². The molecule has 0 bridgehead atoms. The number of fused-ring (bicyclic) bond motifs is 1. The van der Waals surface area contributed by atoms with E-state index < -0.39 is 9.84 Å². The number of hydrogen-bond donors (Lipinski definition) is 0. The van der Waals surface area contributed by atoms with Crippen LogP contribution in [0.4, 0.5) is 0 Å².